The summed E-state index contributed by atoms with van der Waals surface area (Å²) in [4.78, 5) is 35.9. The molecule has 1 unspecified atom stereocenters. The lowest BCUT2D eigenvalue weighted by molar-refractivity contribution is -0.384. The molecule has 2 N–H and O–H groups in total. The number of nitrogens with zero attached hydrogens (tertiary/aromatic N) is 2. The van der Waals surface area contributed by atoms with E-state index in [9.17, 15) is 30.1 Å². The number of rotatable bonds is 6. The van der Waals surface area contributed by atoms with E-state index in [1.54, 1.807) is 13.8 Å². The predicted molar refractivity (Wildman–Crippen MR) is 99.0 cm³/mol. The summed E-state index contributed by atoms with van der Waals surface area (Å²) in [6, 6.07) is 7.10. The Morgan fingerprint density at radius 3 is 2.55 bits per heavy atom. The number of aliphatic hydroxyl groups is 1. The second-order valence-corrected chi connectivity index (χ2v) is 6.31. The van der Waals surface area contributed by atoms with Gasteiger partial charge in [-0.2, -0.15) is 5.26 Å². The quantitative estimate of drug-likeness (QED) is 0.409. The highest BCUT2D eigenvalue weighted by Gasteiger charge is 2.40. The van der Waals surface area contributed by atoms with Gasteiger partial charge in [0, 0.05) is 12.1 Å². The summed E-state index contributed by atoms with van der Waals surface area (Å²) in [6.07, 6.45) is -0.511. The summed E-state index contributed by atoms with van der Waals surface area (Å²) in [6.45, 7) is 2.58. The number of aliphatic hydroxyl groups excluding tert-OH is 1. The van der Waals surface area contributed by atoms with Gasteiger partial charge in [0.1, 0.15) is 11.8 Å². The number of benzene rings is 1. The third kappa shape index (κ3) is 4.41. The Bertz CT molecular complexity index is 957. The molecule has 0 fully saturated rings. The second-order valence-electron chi connectivity index (χ2n) is 6.31. The minimum Gasteiger partial charge on any atom is -0.466 e. The number of carbonyl (C=O) groups is 2. The Kier molecular flexibility index (Phi) is 6.69. The molecule has 1 aromatic rings. The van der Waals surface area contributed by atoms with Gasteiger partial charge < -0.3 is 19.9 Å². The van der Waals surface area contributed by atoms with Crippen LogP contribution in [-0.4, -0.2) is 41.8 Å². The molecule has 1 aliphatic heterocycles. The first-order valence-electron chi connectivity index (χ1n) is 8.53. The number of nitro benzene ring substituents is 1. The van der Waals surface area contributed by atoms with Crippen molar-refractivity contribution in [3.63, 3.8) is 0 Å². The lowest BCUT2D eigenvalue weighted by atomic mass is 9.80. The number of non-ortho nitro benzene ring substituents is 1. The van der Waals surface area contributed by atoms with Crippen LogP contribution < -0.4 is 5.32 Å². The molecule has 0 amide bonds. The highest BCUT2D eigenvalue weighted by atomic mass is 16.6. The van der Waals surface area contributed by atoms with Crippen molar-refractivity contribution in [3.8, 4) is 6.07 Å². The Balaban J connectivity index is 2.81. The number of hydrogen-bond donors (Lipinski definition) is 2. The molecule has 152 valence electrons. The van der Waals surface area contributed by atoms with Crippen LogP contribution in [0.25, 0.3) is 0 Å². The summed E-state index contributed by atoms with van der Waals surface area (Å²) >= 11 is 0. The first-order valence-corrected chi connectivity index (χ1v) is 8.53. The molecule has 1 aromatic carbocycles. The minimum atomic E-state index is -1.22. The highest BCUT2D eigenvalue weighted by Crippen LogP contribution is 2.40. The number of allylic oxidation sites excluding steroid dienone is 1. The highest BCUT2D eigenvalue weighted by molar-refractivity contribution is 6.00. The van der Waals surface area contributed by atoms with Crippen LogP contribution >= 0.6 is 0 Å². The van der Waals surface area contributed by atoms with E-state index in [2.05, 4.69) is 5.32 Å². The summed E-state index contributed by atoms with van der Waals surface area (Å²) in [7, 11) is 1.10. The van der Waals surface area contributed by atoms with Gasteiger partial charge in [-0.15, -0.1) is 0 Å². The van der Waals surface area contributed by atoms with E-state index in [0.717, 1.165) is 7.11 Å². The molecule has 10 heteroatoms. The number of dihydropyridines is 1. The summed E-state index contributed by atoms with van der Waals surface area (Å²) in [5.41, 5.74) is -0.722. The molecule has 29 heavy (non-hydrogen) atoms. The number of ether oxygens (including phenoxy) is 2. The molecule has 0 aliphatic carbocycles. The van der Waals surface area contributed by atoms with E-state index in [0.29, 0.717) is 0 Å². The van der Waals surface area contributed by atoms with Crippen LogP contribution in [0.15, 0.2) is 46.8 Å². The van der Waals surface area contributed by atoms with Gasteiger partial charge in [0.25, 0.3) is 5.69 Å². The number of carbonyl (C=O) groups excluding carboxylic acids is 2. The standard InChI is InChI=1S/C19H19N3O7/c1-10(2)29-19(25)17-14(9-23)21-13(8-20)16(18(24)28-3)15(17)11-5-4-6-12(7-11)22(26)27/h4-7,10,15,21,23H,9H2,1-3H3. The van der Waals surface area contributed by atoms with Crippen LogP contribution in [0.5, 0.6) is 0 Å². The molecule has 1 heterocycles. The van der Waals surface area contributed by atoms with Gasteiger partial charge in [-0.1, -0.05) is 12.1 Å². The van der Waals surface area contributed by atoms with E-state index in [1.807, 2.05) is 6.07 Å². The van der Waals surface area contributed by atoms with Crippen LogP contribution in [0.4, 0.5) is 5.69 Å². The number of hydrogen-bond acceptors (Lipinski definition) is 9. The Morgan fingerprint density at radius 2 is 2.03 bits per heavy atom. The Morgan fingerprint density at radius 1 is 1.34 bits per heavy atom. The van der Waals surface area contributed by atoms with Gasteiger partial charge in [-0.05, 0) is 19.4 Å². The number of nitrogens with one attached hydrogen (secondary N) is 1. The smallest absolute Gasteiger partial charge is 0.337 e. The largest absolute Gasteiger partial charge is 0.466 e. The lowest BCUT2D eigenvalue weighted by Crippen LogP contribution is -2.35. The third-order valence-electron chi connectivity index (χ3n) is 4.10. The van der Waals surface area contributed by atoms with E-state index >= 15 is 0 Å². The monoisotopic (exact) mass is 401 g/mol. The molecular weight excluding hydrogens is 382 g/mol. The molecule has 1 atom stereocenters. The molecule has 10 nitrogen and oxygen atoms in total. The average molecular weight is 401 g/mol. The van der Waals surface area contributed by atoms with Crippen molar-refractivity contribution in [2.45, 2.75) is 25.9 Å². The van der Waals surface area contributed by atoms with Crippen molar-refractivity contribution in [1.82, 2.24) is 5.32 Å². The predicted octanol–water partition coefficient (Wildman–Crippen LogP) is 1.43. The van der Waals surface area contributed by atoms with E-state index in [4.69, 9.17) is 9.47 Å². The fraction of sp³-hybridized carbons (Fsp3) is 0.316. The summed E-state index contributed by atoms with van der Waals surface area (Å²) in [5.74, 6) is -2.96. The zero-order valence-corrected chi connectivity index (χ0v) is 16.0. The topological polar surface area (TPSA) is 152 Å². The molecule has 0 spiro atoms. The third-order valence-corrected chi connectivity index (χ3v) is 4.10. The van der Waals surface area contributed by atoms with Crippen LogP contribution in [-0.2, 0) is 19.1 Å². The number of nitriles is 1. The van der Waals surface area contributed by atoms with Gasteiger partial charge in [0.05, 0.1) is 47.5 Å². The normalized spacial score (nSPS) is 16.2. The van der Waals surface area contributed by atoms with Gasteiger partial charge in [-0.25, -0.2) is 9.59 Å². The number of methoxy groups -OCH3 is 1. The fourth-order valence-electron chi connectivity index (χ4n) is 2.96. The van der Waals surface area contributed by atoms with Crippen molar-refractivity contribution in [1.29, 1.82) is 5.26 Å². The zero-order valence-electron chi connectivity index (χ0n) is 16.0. The molecule has 0 aromatic heterocycles. The molecule has 0 bridgehead atoms. The molecule has 0 saturated heterocycles. The van der Waals surface area contributed by atoms with Crippen molar-refractivity contribution >= 4 is 17.6 Å². The van der Waals surface area contributed by atoms with E-state index < -0.39 is 35.5 Å². The number of nitro groups is 1. The van der Waals surface area contributed by atoms with Crippen molar-refractivity contribution in [3.05, 3.63) is 62.5 Å². The van der Waals surface area contributed by atoms with Crippen LogP contribution in [0, 0.1) is 21.4 Å². The number of esters is 2. The zero-order chi connectivity index (χ0) is 21.7. The summed E-state index contributed by atoms with van der Waals surface area (Å²) < 4.78 is 10.0. The molecule has 2 rings (SSSR count). The van der Waals surface area contributed by atoms with E-state index in [1.165, 1.54) is 24.3 Å². The Labute approximate surface area is 166 Å². The first-order chi connectivity index (χ1) is 13.7. The van der Waals surface area contributed by atoms with Gasteiger partial charge >= 0.3 is 11.9 Å². The maximum absolute atomic E-state index is 12.8. The van der Waals surface area contributed by atoms with E-state index in [-0.39, 0.29) is 33.8 Å². The first kappa shape index (κ1) is 21.6. The van der Waals surface area contributed by atoms with Crippen LogP contribution in [0.3, 0.4) is 0 Å². The molecule has 0 saturated carbocycles. The molecule has 0 radical (unpaired) electrons. The average Bonchev–Trinajstić information content (AvgIpc) is 2.70. The minimum absolute atomic E-state index is 0.0450. The fourth-order valence-corrected chi connectivity index (χ4v) is 2.96. The SMILES string of the molecule is COC(=O)C1=C(C#N)NC(CO)=C(C(=O)OC(C)C)C1c1cccc([N+](=O)[O-])c1. The van der Waals surface area contributed by atoms with Gasteiger partial charge in [0.2, 0.25) is 0 Å². The Hall–Kier alpha value is -3.71. The molecular formula is C19H19N3O7. The maximum Gasteiger partial charge on any atom is 0.337 e. The van der Waals surface area contributed by atoms with Crippen LogP contribution in [0.1, 0.15) is 25.3 Å². The second kappa shape index (κ2) is 8.99. The van der Waals surface area contributed by atoms with Crippen LogP contribution in [0.2, 0.25) is 0 Å². The molecule has 1 aliphatic rings. The lowest BCUT2D eigenvalue weighted by Gasteiger charge is -2.30. The van der Waals surface area contributed by atoms with Gasteiger partial charge in [0.15, 0.2) is 0 Å². The van der Waals surface area contributed by atoms with Crippen molar-refractivity contribution < 1.29 is 29.1 Å². The van der Waals surface area contributed by atoms with Gasteiger partial charge in [-0.3, -0.25) is 10.1 Å². The maximum atomic E-state index is 12.8. The van der Waals surface area contributed by atoms with Crippen molar-refractivity contribution in [2.24, 2.45) is 0 Å². The van der Waals surface area contributed by atoms with Crippen molar-refractivity contribution in [2.75, 3.05) is 13.7 Å². The summed E-state index contributed by atoms with van der Waals surface area (Å²) in [5, 5.41) is 33.0.